The van der Waals surface area contributed by atoms with E-state index in [1.807, 2.05) is 12.1 Å². The van der Waals surface area contributed by atoms with Gasteiger partial charge in [0.25, 0.3) is 0 Å². The largest absolute Gasteiger partial charge is 0.368 e. The molecule has 1 N–H and O–H groups in total. The topological polar surface area (TPSA) is 15.3 Å². The van der Waals surface area contributed by atoms with Gasteiger partial charge < -0.3 is 10.2 Å². The van der Waals surface area contributed by atoms with Gasteiger partial charge in [-0.15, -0.1) is 0 Å². The van der Waals surface area contributed by atoms with Crippen LogP contribution in [0.2, 0.25) is 5.02 Å². The molecule has 17 heavy (non-hydrogen) atoms. The second kappa shape index (κ2) is 5.74. The monoisotopic (exact) mass is 252 g/mol. The van der Waals surface area contributed by atoms with Gasteiger partial charge in [-0.2, -0.15) is 0 Å². The molecule has 2 rings (SSSR count). The molecule has 3 heteroatoms. The maximum atomic E-state index is 6.19. The highest BCUT2D eigenvalue weighted by Gasteiger charge is 2.20. The normalized spacial score (nSPS) is 20.6. The molecule has 0 radical (unpaired) electrons. The van der Waals surface area contributed by atoms with Crippen LogP contribution in [0.1, 0.15) is 25.3 Å². The van der Waals surface area contributed by atoms with Gasteiger partial charge in [0.05, 0.1) is 0 Å². The molecule has 1 aliphatic heterocycles. The molecule has 0 spiro atoms. The first-order valence-corrected chi connectivity index (χ1v) is 6.83. The zero-order chi connectivity index (χ0) is 12.3. The molecule has 0 aliphatic carbocycles. The molecule has 0 saturated carbocycles. The van der Waals surface area contributed by atoms with E-state index in [9.17, 15) is 0 Å². The first-order valence-electron chi connectivity index (χ1n) is 6.45. The summed E-state index contributed by atoms with van der Waals surface area (Å²) in [7, 11) is 0. The van der Waals surface area contributed by atoms with Crippen LogP contribution >= 0.6 is 11.6 Å². The van der Waals surface area contributed by atoms with Crippen molar-refractivity contribution in [3.05, 3.63) is 28.8 Å². The Morgan fingerprint density at radius 1 is 1.47 bits per heavy atom. The van der Waals surface area contributed by atoms with Crippen molar-refractivity contribution < 1.29 is 0 Å². The standard InChI is InChI=1S/C14H21ClN2/c1-3-5-12-10-17(9-8-16-12)14-7-4-6-13(15)11(14)2/h4,6-7,12,16H,3,5,8-10H2,1-2H3. The molecule has 0 bridgehead atoms. The van der Waals surface area contributed by atoms with Gasteiger partial charge in [-0.3, -0.25) is 0 Å². The summed E-state index contributed by atoms with van der Waals surface area (Å²) < 4.78 is 0. The van der Waals surface area contributed by atoms with E-state index in [4.69, 9.17) is 11.6 Å². The van der Waals surface area contributed by atoms with Gasteiger partial charge in [0.1, 0.15) is 0 Å². The Balaban J connectivity index is 2.13. The van der Waals surface area contributed by atoms with Crippen molar-refractivity contribution in [1.82, 2.24) is 5.32 Å². The van der Waals surface area contributed by atoms with Crippen LogP contribution in [0.5, 0.6) is 0 Å². The number of nitrogens with one attached hydrogen (secondary N) is 1. The van der Waals surface area contributed by atoms with Crippen LogP contribution in [0.4, 0.5) is 5.69 Å². The van der Waals surface area contributed by atoms with E-state index in [0.29, 0.717) is 6.04 Å². The maximum Gasteiger partial charge on any atom is 0.0455 e. The molecule has 1 aromatic carbocycles. The Hall–Kier alpha value is -0.730. The maximum absolute atomic E-state index is 6.19. The summed E-state index contributed by atoms with van der Waals surface area (Å²) in [6, 6.07) is 6.80. The van der Waals surface area contributed by atoms with Gasteiger partial charge in [-0.25, -0.2) is 0 Å². The minimum Gasteiger partial charge on any atom is -0.368 e. The third-order valence-electron chi connectivity index (χ3n) is 3.47. The van der Waals surface area contributed by atoms with Gasteiger partial charge in [-0.05, 0) is 31.0 Å². The van der Waals surface area contributed by atoms with Crippen molar-refractivity contribution in [1.29, 1.82) is 0 Å². The Morgan fingerprint density at radius 3 is 3.06 bits per heavy atom. The minimum atomic E-state index is 0.618. The van der Waals surface area contributed by atoms with Gasteiger partial charge in [0, 0.05) is 36.4 Å². The lowest BCUT2D eigenvalue weighted by Gasteiger charge is -2.36. The minimum absolute atomic E-state index is 0.618. The fourth-order valence-electron chi connectivity index (χ4n) is 2.52. The lowest BCUT2D eigenvalue weighted by molar-refractivity contribution is 0.430. The highest BCUT2D eigenvalue weighted by molar-refractivity contribution is 6.31. The van der Waals surface area contributed by atoms with Crippen molar-refractivity contribution >= 4 is 17.3 Å². The second-order valence-corrected chi connectivity index (χ2v) is 5.18. The van der Waals surface area contributed by atoms with Crippen LogP contribution in [-0.2, 0) is 0 Å². The van der Waals surface area contributed by atoms with E-state index in [0.717, 1.165) is 24.7 Å². The van der Waals surface area contributed by atoms with Crippen molar-refractivity contribution in [3.8, 4) is 0 Å². The number of nitrogens with zero attached hydrogens (tertiary/aromatic N) is 1. The number of rotatable bonds is 3. The molecular formula is C14H21ClN2. The van der Waals surface area contributed by atoms with Crippen molar-refractivity contribution in [2.45, 2.75) is 32.7 Å². The summed E-state index contributed by atoms with van der Waals surface area (Å²) in [6.45, 7) is 7.58. The molecular weight excluding hydrogens is 232 g/mol. The van der Waals surface area contributed by atoms with E-state index in [2.05, 4.69) is 30.1 Å². The van der Waals surface area contributed by atoms with E-state index in [1.165, 1.54) is 24.1 Å². The molecule has 1 aliphatic rings. The van der Waals surface area contributed by atoms with Gasteiger partial charge >= 0.3 is 0 Å². The van der Waals surface area contributed by atoms with Crippen molar-refractivity contribution in [2.75, 3.05) is 24.5 Å². The lowest BCUT2D eigenvalue weighted by atomic mass is 10.1. The summed E-state index contributed by atoms with van der Waals surface area (Å²) in [6.07, 6.45) is 2.48. The van der Waals surface area contributed by atoms with Crippen molar-refractivity contribution in [2.24, 2.45) is 0 Å². The smallest absolute Gasteiger partial charge is 0.0455 e. The molecule has 1 heterocycles. The van der Waals surface area contributed by atoms with Crippen LogP contribution in [0.15, 0.2) is 18.2 Å². The van der Waals surface area contributed by atoms with E-state index >= 15 is 0 Å². The molecule has 0 aromatic heterocycles. The molecule has 0 amide bonds. The molecule has 1 aromatic rings. The van der Waals surface area contributed by atoms with Gasteiger partial charge in [0.2, 0.25) is 0 Å². The Kier molecular flexibility index (Phi) is 4.30. The van der Waals surface area contributed by atoms with Crippen molar-refractivity contribution in [3.63, 3.8) is 0 Å². The summed E-state index contributed by atoms with van der Waals surface area (Å²) in [5.74, 6) is 0. The third-order valence-corrected chi connectivity index (χ3v) is 3.88. The highest BCUT2D eigenvalue weighted by atomic mass is 35.5. The molecule has 1 unspecified atom stereocenters. The average molecular weight is 253 g/mol. The fourth-order valence-corrected chi connectivity index (χ4v) is 2.69. The molecule has 1 saturated heterocycles. The molecule has 1 fully saturated rings. The predicted molar refractivity (Wildman–Crippen MR) is 75.1 cm³/mol. The van der Waals surface area contributed by atoms with Crippen LogP contribution in [0, 0.1) is 6.92 Å². The summed E-state index contributed by atoms with van der Waals surface area (Å²) in [5.41, 5.74) is 2.49. The zero-order valence-corrected chi connectivity index (χ0v) is 11.4. The number of anilines is 1. The summed E-state index contributed by atoms with van der Waals surface area (Å²) in [4.78, 5) is 2.46. The molecule has 94 valence electrons. The van der Waals surface area contributed by atoms with E-state index in [-0.39, 0.29) is 0 Å². The van der Waals surface area contributed by atoms with E-state index < -0.39 is 0 Å². The Labute approximate surface area is 109 Å². The molecule has 2 nitrogen and oxygen atoms in total. The number of halogens is 1. The highest BCUT2D eigenvalue weighted by Crippen LogP contribution is 2.27. The Bertz CT molecular complexity index is 376. The van der Waals surface area contributed by atoms with E-state index in [1.54, 1.807) is 0 Å². The third kappa shape index (κ3) is 2.93. The number of hydrogen-bond donors (Lipinski definition) is 1. The van der Waals surface area contributed by atoms with Crippen LogP contribution in [-0.4, -0.2) is 25.7 Å². The zero-order valence-electron chi connectivity index (χ0n) is 10.7. The first kappa shape index (κ1) is 12.7. The SMILES string of the molecule is CCCC1CN(c2cccc(Cl)c2C)CCN1. The number of piperazine rings is 1. The summed E-state index contributed by atoms with van der Waals surface area (Å²) in [5, 5.41) is 4.45. The van der Waals surface area contributed by atoms with Crippen LogP contribution in [0.25, 0.3) is 0 Å². The average Bonchev–Trinajstić information content (AvgIpc) is 2.33. The van der Waals surface area contributed by atoms with Crippen LogP contribution in [0.3, 0.4) is 0 Å². The summed E-state index contributed by atoms with van der Waals surface area (Å²) >= 11 is 6.19. The second-order valence-electron chi connectivity index (χ2n) is 4.77. The lowest BCUT2D eigenvalue weighted by Crippen LogP contribution is -2.50. The first-order chi connectivity index (χ1) is 8.22. The van der Waals surface area contributed by atoms with Gasteiger partial charge in [0.15, 0.2) is 0 Å². The van der Waals surface area contributed by atoms with Gasteiger partial charge in [-0.1, -0.05) is 31.0 Å². The quantitative estimate of drug-likeness (QED) is 0.889. The predicted octanol–water partition coefficient (Wildman–Crippen LogP) is 3.23. The molecule has 1 atom stereocenters. The number of benzene rings is 1. The fraction of sp³-hybridized carbons (Fsp3) is 0.571. The number of hydrogen-bond acceptors (Lipinski definition) is 2. The van der Waals surface area contributed by atoms with Crippen LogP contribution < -0.4 is 10.2 Å². The Morgan fingerprint density at radius 2 is 2.29 bits per heavy atom.